The van der Waals surface area contributed by atoms with Crippen LogP contribution in [0.15, 0.2) is 24.3 Å². The van der Waals surface area contributed by atoms with E-state index in [1.807, 2.05) is 0 Å². The van der Waals surface area contributed by atoms with Gasteiger partial charge in [-0.25, -0.2) is 4.79 Å². The second-order valence-electron chi connectivity index (χ2n) is 4.55. The quantitative estimate of drug-likeness (QED) is 0.506. The van der Waals surface area contributed by atoms with Gasteiger partial charge in [0.05, 0.1) is 18.5 Å². The summed E-state index contributed by atoms with van der Waals surface area (Å²) in [7, 11) is 0. The summed E-state index contributed by atoms with van der Waals surface area (Å²) >= 11 is 0. The number of urea groups is 1. The number of hydrogen-bond acceptors (Lipinski definition) is 4. The molecule has 1 aromatic carbocycles. The zero-order valence-electron chi connectivity index (χ0n) is 11.5. The zero-order valence-corrected chi connectivity index (χ0v) is 11.5. The maximum absolute atomic E-state index is 11.7. The molecule has 0 heterocycles. The maximum Gasteiger partial charge on any atom is 0.316 e. The smallest absolute Gasteiger partial charge is 0.316 e. The van der Waals surface area contributed by atoms with Crippen molar-refractivity contribution in [1.29, 1.82) is 0 Å². The minimum atomic E-state index is -1.13. The van der Waals surface area contributed by atoms with Gasteiger partial charge in [0.2, 0.25) is 5.91 Å². The van der Waals surface area contributed by atoms with Crippen LogP contribution >= 0.6 is 0 Å². The highest BCUT2D eigenvalue weighted by Gasteiger charge is 2.19. The normalized spacial score (nSPS) is 13.0. The van der Waals surface area contributed by atoms with Gasteiger partial charge in [0.1, 0.15) is 0 Å². The average molecular weight is 294 g/mol. The highest BCUT2D eigenvalue weighted by molar-refractivity contribution is 5.88. The van der Waals surface area contributed by atoms with Crippen LogP contribution < -0.4 is 22.1 Å². The van der Waals surface area contributed by atoms with Crippen molar-refractivity contribution >= 4 is 23.6 Å². The second-order valence-corrected chi connectivity index (χ2v) is 4.55. The van der Waals surface area contributed by atoms with Gasteiger partial charge < -0.3 is 27.2 Å². The number of aliphatic carboxylic acids is 1. The van der Waals surface area contributed by atoms with Crippen LogP contribution in [0.25, 0.3) is 0 Å². The first-order valence-corrected chi connectivity index (χ1v) is 6.23. The molecule has 8 heteroatoms. The molecule has 8 nitrogen and oxygen atoms in total. The highest BCUT2D eigenvalue weighted by atomic mass is 16.4. The number of carbonyl (C=O) groups excluding carboxylic acids is 2. The van der Waals surface area contributed by atoms with Crippen molar-refractivity contribution in [3.63, 3.8) is 0 Å². The second kappa shape index (κ2) is 7.25. The van der Waals surface area contributed by atoms with E-state index >= 15 is 0 Å². The lowest BCUT2D eigenvalue weighted by molar-refractivity contribution is -0.139. The number of benzene rings is 1. The van der Waals surface area contributed by atoms with Crippen LogP contribution in [0.2, 0.25) is 0 Å². The molecule has 21 heavy (non-hydrogen) atoms. The van der Waals surface area contributed by atoms with Crippen molar-refractivity contribution in [3.05, 3.63) is 29.8 Å². The summed E-state index contributed by atoms with van der Waals surface area (Å²) in [6, 6.07) is 4.59. The number of hydrogen-bond donors (Lipinski definition) is 5. The number of carboxylic acids is 1. The Balaban J connectivity index is 2.62. The van der Waals surface area contributed by atoms with Crippen molar-refractivity contribution in [3.8, 4) is 0 Å². The minimum absolute atomic E-state index is 0.347. The van der Waals surface area contributed by atoms with Crippen LogP contribution in [0.5, 0.6) is 0 Å². The minimum Gasteiger partial charge on any atom is -0.481 e. The van der Waals surface area contributed by atoms with Crippen LogP contribution in [0, 0.1) is 0 Å². The number of carboxylic acid groups (broad SMARTS) is 1. The number of carbonyl (C=O) groups is 3. The van der Waals surface area contributed by atoms with Crippen molar-refractivity contribution in [2.24, 2.45) is 11.5 Å². The number of primary amides is 1. The first kappa shape index (κ1) is 16.4. The predicted molar refractivity (Wildman–Crippen MR) is 76.4 cm³/mol. The van der Waals surface area contributed by atoms with Crippen molar-refractivity contribution < 1.29 is 19.5 Å². The SMILES string of the molecule is CC(NC(=O)C(N)CC(=O)O)c1ccc(NC(N)=O)cc1. The fourth-order valence-electron chi connectivity index (χ4n) is 1.68. The first-order chi connectivity index (χ1) is 9.79. The molecule has 3 amide bonds. The van der Waals surface area contributed by atoms with Gasteiger partial charge in [-0.1, -0.05) is 12.1 Å². The lowest BCUT2D eigenvalue weighted by atomic mass is 10.1. The molecule has 0 aromatic heterocycles. The molecule has 114 valence electrons. The fraction of sp³-hybridized carbons (Fsp3) is 0.308. The highest BCUT2D eigenvalue weighted by Crippen LogP contribution is 2.16. The van der Waals surface area contributed by atoms with Gasteiger partial charge in [-0.05, 0) is 24.6 Å². The Hall–Kier alpha value is -2.61. The lowest BCUT2D eigenvalue weighted by Crippen LogP contribution is -2.42. The summed E-state index contributed by atoms with van der Waals surface area (Å²) in [6.07, 6.45) is -0.431. The predicted octanol–water partition coefficient (Wildman–Crippen LogP) is 0.156. The fourth-order valence-corrected chi connectivity index (χ4v) is 1.68. The number of nitrogens with two attached hydrogens (primary N) is 2. The first-order valence-electron chi connectivity index (χ1n) is 6.23. The van der Waals surface area contributed by atoms with Crippen LogP contribution in [-0.2, 0) is 9.59 Å². The molecule has 0 spiro atoms. The molecule has 1 rings (SSSR count). The Kier molecular flexibility index (Phi) is 5.67. The molecule has 0 radical (unpaired) electrons. The molecule has 0 aliphatic heterocycles. The third-order valence-electron chi connectivity index (χ3n) is 2.77. The van der Waals surface area contributed by atoms with Gasteiger partial charge in [-0.2, -0.15) is 0 Å². The van der Waals surface area contributed by atoms with Crippen molar-refractivity contribution in [1.82, 2.24) is 5.32 Å². The van der Waals surface area contributed by atoms with E-state index in [9.17, 15) is 14.4 Å². The van der Waals surface area contributed by atoms with Gasteiger partial charge in [0.15, 0.2) is 0 Å². The average Bonchev–Trinajstić information content (AvgIpc) is 2.37. The Morgan fingerprint density at radius 1 is 1.24 bits per heavy atom. The summed E-state index contributed by atoms with van der Waals surface area (Å²) in [4.78, 5) is 32.9. The number of nitrogens with one attached hydrogen (secondary N) is 2. The molecule has 0 fully saturated rings. The largest absolute Gasteiger partial charge is 0.481 e. The molecule has 0 aliphatic carbocycles. The summed E-state index contributed by atoms with van der Waals surface area (Å²) in [6.45, 7) is 1.74. The van der Waals surface area contributed by atoms with E-state index in [-0.39, 0.29) is 6.04 Å². The third-order valence-corrected chi connectivity index (χ3v) is 2.77. The molecule has 0 saturated heterocycles. The van der Waals surface area contributed by atoms with Crippen molar-refractivity contribution in [2.45, 2.75) is 25.4 Å². The number of amides is 3. The molecule has 2 atom stereocenters. The molecule has 1 aromatic rings. The molecule has 0 bridgehead atoms. The summed E-state index contributed by atoms with van der Waals surface area (Å²) in [5.41, 5.74) is 11.8. The van der Waals surface area contributed by atoms with E-state index in [4.69, 9.17) is 16.6 Å². The molecule has 0 aliphatic rings. The standard InChI is InChI=1S/C13H18N4O4/c1-7(16-12(20)10(14)6-11(18)19)8-2-4-9(5-3-8)17-13(15)21/h2-5,7,10H,6,14H2,1H3,(H,16,20)(H,18,19)(H3,15,17,21). The maximum atomic E-state index is 11.7. The van der Waals surface area contributed by atoms with Crippen LogP contribution in [0.3, 0.4) is 0 Å². The molecular weight excluding hydrogens is 276 g/mol. The monoisotopic (exact) mass is 294 g/mol. The Morgan fingerprint density at radius 2 is 1.81 bits per heavy atom. The van der Waals surface area contributed by atoms with Crippen LogP contribution in [-0.4, -0.2) is 29.1 Å². The summed E-state index contributed by atoms with van der Waals surface area (Å²) in [5, 5.41) is 13.6. The van der Waals surface area contributed by atoms with E-state index in [1.54, 1.807) is 31.2 Å². The van der Waals surface area contributed by atoms with Crippen LogP contribution in [0.4, 0.5) is 10.5 Å². The Bertz CT molecular complexity index is 529. The summed E-state index contributed by atoms with van der Waals surface area (Å²) < 4.78 is 0. The molecule has 7 N–H and O–H groups in total. The Labute approximate surface area is 121 Å². The zero-order chi connectivity index (χ0) is 16.0. The third kappa shape index (κ3) is 5.49. The van der Waals surface area contributed by atoms with Gasteiger partial charge in [-0.3, -0.25) is 9.59 Å². The lowest BCUT2D eigenvalue weighted by Gasteiger charge is -2.17. The van der Waals surface area contributed by atoms with Crippen molar-refractivity contribution in [2.75, 3.05) is 5.32 Å². The summed E-state index contributed by atoms with van der Waals surface area (Å²) in [5.74, 6) is -1.67. The van der Waals surface area contributed by atoms with E-state index in [0.29, 0.717) is 5.69 Å². The molecule has 2 unspecified atom stereocenters. The molecular formula is C13H18N4O4. The molecule has 0 saturated carbocycles. The van der Waals surface area contributed by atoms with Crippen LogP contribution in [0.1, 0.15) is 24.9 Å². The van der Waals surface area contributed by atoms with Gasteiger partial charge in [0.25, 0.3) is 0 Å². The number of anilines is 1. The van der Waals surface area contributed by atoms with E-state index in [0.717, 1.165) is 5.56 Å². The van der Waals surface area contributed by atoms with E-state index < -0.39 is 30.4 Å². The van der Waals surface area contributed by atoms with Gasteiger partial charge in [0, 0.05) is 5.69 Å². The van der Waals surface area contributed by atoms with E-state index in [2.05, 4.69) is 10.6 Å². The van der Waals surface area contributed by atoms with E-state index in [1.165, 1.54) is 0 Å². The number of rotatable bonds is 6. The Morgan fingerprint density at radius 3 is 2.29 bits per heavy atom. The van der Waals surface area contributed by atoms with Gasteiger partial charge in [-0.15, -0.1) is 0 Å². The topological polar surface area (TPSA) is 148 Å². The van der Waals surface area contributed by atoms with Gasteiger partial charge >= 0.3 is 12.0 Å².